The number of aromatic nitrogens is 2. The summed E-state index contributed by atoms with van der Waals surface area (Å²) >= 11 is 0. The van der Waals surface area contributed by atoms with Crippen molar-refractivity contribution in [3.05, 3.63) is 48.5 Å². The average Bonchev–Trinajstić information content (AvgIpc) is 3.12. The summed E-state index contributed by atoms with van der Waals surface area (Å²) in [5, 5.41) is 5.91. The number of para-hydroxylation sites is 1. The second kappa shape index (κ2) is 9.75. The molecule has 0 aliphatic heterocycles. The van der Waals surface area contributed by atoms with Gasteiger partial charge in [-0.15, -0.1) is 0 Å². The van der Waals surface area contributed by atoms with Gasteiger partial charge in [0.2, 0.25) is 11.8 Å². The van der Waals surface area contributed by atoms with Crippen molar-refractivity contribution in [2.75, 3.05) is 5.32 Å². The van der Waals surface area contributed by atoms with Crippen LogP contribution in [0.5, 0.6) is 0 Å². The molecule has 0 saturated carbocycles. The van der Waals surface area contributed by atoms with Crippen molar-refractivity contribution in [3.63, 3.8) is 0 Å². The van der Waals surface area contributed by atoms with Gasteiger partial charge < -0.3 is 15.2 Å². The largest absolute Gasteiger partial charge is 0.352 e. The first-order valence-electron chi connectivity index (χ1n) is 9.13. The van der Waals surface area contributed by atoms with Crippen molar-refractivity contribution in [2.45, 2.75) is 58.5 Å². The smallest absolute Gasteiger partial charge is 0.224 e. The molecule has 1 unspecified atom stereocenters. The SMILES string of the molecule is CCC(Cn1ccnc1)NC(=O)CCC(=O)Nc1ccccc1C(C)C. The molecule has 1 aromatic heterocycles. The van der Waals surface area contributed by atoms with E-state index in [1.165, 1.54) is 0 Å². The van der Waals surface area contributed by atoms with Crippen LogP contribution >= 0.6 is 0 Å². The summed E-state index contributed by atoms with van der Waals surface area (Å²) in [5.41, 5.74) is 1.91. The van der Waals surface area contributed by atoms with E-state index in [9.17, 15) is 9.59 Å². The number of amides is 2. The van der Waals surface area contributed by atoms with Crippen molar-refractivity contribution in [3.8, 4) is 0 Å². The molecular weight excluding hydrogens is 328 g/mol. The summed E-state index contributed by atoms with van der Waals surface area (Å²) in [6.07, 6.45) is 6.48. The van der Waals surface area contributed by atoms with Crippen LogP contribution in [-0.4, -0.2) is 27.4 Å². The third-order valence-electron chi connectivity index (χ3n) is 4.28. The van der Waals surface area contributed by atoms with Gasteiger partial charge in [-0.2, -0.15) is 0 Å². The second-order valence-corrected chi connectivity index (χ2v) is 6.72. The molecule has 1 aromatic carbocycles. The quantitative estimate of drug-likeness (QED) is 0.724. The fourth-order valence-corrected chi connectivity index (χ4v) is 2.78. The minimum Gasteiger partial charge on any atom is -0.352 e. The normalized spacial score (nSPS) is 12.0. The zero-order valence-corrected chi connectivity index (χ0v) is 15.7. The molecule has 0 spiro atoms. The van der Waals surface area contributed by atoms with Crippen molar-refractivity contribution in [2.24, 2.45) is 0 Å². The standard InChI is InChI=1S/C20H28N4O2/c1-4-16(13-24-12-11-21-14-24)22-19(25)9-10-20(26)23-18-8-6-5-7-17(18)15(2)3/h5-8,11-12,14-16H,4,9-10,13H2,1-3H3,(H,22,25)(H,23,26). The van der Waals surface area contributed by atoms with Gasteiger partial charge in [-0.25, -0.2) is 4.98 Å². The van der Waals surface area contributed by atoms with Crippen molar-refractivity contribution in [1.29, 1.82) is 0 Å². The highest BCUT2D eigenvalue weighted by molar-refractivity contribution is 5.93. The molecule has 0 aliphatic carbocycles. The van der Waals surface area contributed by atoms with Crippen LogP contribution in [-0.2, 0) is 16.1 Å². The van der Waals surface area contributed by atoms with Crippen molar-refractivity contribution in [1.82, 2.24) is 14.9 Å². The van der Waals surface area contributed by atoms with Crippen LogP contribution in [0.1, 0.15) is 51.5 Å². The van der Waals surface area contributed by atoms with Gasteiger partial charge in [0.25, 0.3) is 0 Å². The molecule has 26 heavy (non-hydrogen) atoms. The highest BCUT2D eigenvalue weighted by Crippen LogP contribution is 2.23. The Kier molecular flexibility index (Phi) is 7.38. The fourth-order valence-electron chi connectivity index (χ4n) is 2.78. The Morgan fingerprint density at radius 3 is 2.54 bits per heavy atom. The van der Waals surface area contributed by atoms with Crippen LogP contribution in [0.2, 0.25) is 0 Å². The zero-order valence-electron chi connectivity index (χ0n) is 15.7. The van der Waals surface area contributed by atoms with E-state index >= 15 is 0 Å². The number of hydrogen-bond donors (Lipinski definition) is 2. The number of imidazole rings is 1. The summed E-state index contributed by atoms with van der Waals surface area (Å²) in [4.78, 5) is 28.4. The molecule has 0 bridgehead atoms. The van der Waals surface area contributed by atoms with Gasteiger partial charge in [-0.05, 0) is 24.0 Å². The Balaban J connectivity index is 1.80. The minimum absolute atomic E-state index is 0.0291. The van der Waals surface area contributed by atoms with Gasteiger partial charge in [0, 0.05) is 43.5 Å². The van der Waals surface area contributed by atoms with Crippen LogP contribution in [0.3, 0.4) is 0 Å². The van der Waals surface area contributed by atoms with Gasteiger partial charge in [0.15, 0.2) is 0 Å². The number of carbonyl (C=O) groups excluding carboxylic acids is 2. The monoisotopic (exact) mass is 356 g/mol. The maximum absolute atomic E-state index is 12.2. The first kappa shape index (κ1) is 19.7. The zero-order chi connectivity index (χ0) is 18.9. The molecule has 0 fully saturated rings. The highest BCUT2D eigenvalue weighted by Gasteiger charge is 2.14. The van der Waals surface area contributed by atoms with Crippen LogP contribution in [0.4, 0.5) is 5.69 Å². The summed E-state index contributed by atoms with van der Waals surface area (Å²) in [5.74, 6) is 0.0726. The first-order chi connectivity index (χ1) is 12.5. The number of nitrogens with one attached hydrogen (secondary N) is 2. The van der Waals surface area contributed by atoms with E-state index in [0.717, 1.165) is 17.7 Å². The van der Waals surface area contributed by atoms with E-state index in [1.807, 2.05) is 42.0 Å². The van der Waals surface area contributed by atoms with Crippen LogP contribution in [0.25, 0.3) is 0 Å². The molecule has 2 rings (SSSR count). The summed E-state index contributed by atoms with van der Waals surface area (Å²) < 4.78 is 1.93. The minimum atomic E-state index is -0.143. The highest BCUT2D eigenvalue weighted by atomic mass is 16.2. The Hall–Kier alpha value is -2.63. The van der Waals surface area contributed by atoms with Crippen molar-refractivity contribution >= 4 is 17.5 Å². The third kappa shape index (κ3) is 6.02. The maximum Gasteiger partial charge on any atom is 0.224 e. The average molecular weight is 356 g/mol. The van der Waals surface area contributed by atoms with Crippen molar-refractivity contribution < 1.29 is 9.59 Å². The number of nitrogens with zero attached hydrogens (tertiary/aromatic N) is 2. The number of anilines is 1. The van der Waals surface area contributed by atoms with E-state index in [2.05, 4.69) is 29.5 Å². The van der Waals surface area contributed by atoms with Gasteiger partial charge in [0.1, 0.15) is 0 Å². The lowest BCUT2D eigenvalue weighted by Gasteiger charge is -2.17. The molecule has 0 saturated heterocycles. The van der Waals surface area contributed by atoms with Gasteiger partial charge >= 0.3 is 0 Å². The van der Waals surface area contributed by atoms with E-state index < -0.39 is 0 Å². The molecule has 2 N–H and O–H groups in total. The predicted octanol–water partition coefficient (Wildman–Crippen LogP) is 3.32. The lowest BCUT2D eigenvalue weighted by atomic mass is 10.0. The number of rotatable bonds is 9. The Morgan fingerprint density at radius 2 is 1.88 bits per heavy atom. The first-order valence-corrected chi connectivity index (χ1v) is 9.13. The van der Waals surface area contributed by atoms with E-state index in [-0.39, 0.29) is 30.7 Å². The lowest BCUT2D eigenvalue weighted by Crippen LogP contribution is -2.37. The number of benzene rings is 1. The Morgan fingerprint density at radius 1 is 1.15 bits per heavy atom. The second-order valence-electron chi connectivity index (χ2n) is 6.72. The molecular formula is C20H28N4O2. The number of hydrogen-bond acceptors (Lipinski definition) is 3. The summed E-state index contributed by atoms with van der Waals surface area (Å²) in [6, 6.07) is 7.79. The molecule has 0 aliphatic rings. The van der Waals surface area contributed by atoms with E-state index in [0.29, 0.717) is 12.5 Å². The van der Waals surface area contributed by atoms with Gasteiger partial charge in [-0.1, -0.05) is 39.0 Å². The van der Waals surface area contributed by atoms with Gasteiger partial charge in [-0.3, -0.25) is 9.59 Å². The summed E-state index contributed by atoms with van der Waals surface area (Å²) in [7, 11) is 0. The van der Waals surface area contributed by atoms with E-state index in [4.69, 9.17) is 0 Å². The van der Waals surface area contributed by atoms with E-state index in [1.54, 1.807) is 12.5 Å². The molecule has 140 valence electrons. The Bertz CT molecular complexity index is 710. The molecule has 1 atom stereocenters. The van der Waals surface area contributed by atoms with Crippen LogP contribution in [0, 0.1) is 0 Å². The molecule has 6 nitrogen and oxygen atoms in total. The molecule has 2 amide bonds. The van der Waals surface area contributed by atoms with Crippen LogP contribution < -0.4 is 10.6 Å². The molecule has 1 heterocycles. The Labute approximate surface area is 155 Å². The topological polar surface area (TPSA) is 76.0 Å². The molecule has 6 heteroatoms. The lowest BCUT2D eigenvalue weighted by molar-refractivity contribution is -0.125. The molecule has 0 radical (unpaired) electrons. The van der Waals surface area contributed by atoms with Crippen LogP contribution in [0.15, 0.2) is 43.0 Å². The van der Waals surface area contributed by atoms with Gasteiger partial charge in [0.05, 0.1) is 6.33 Å². The molecule has 2 aromatic rings. The third-order valence-corrected chi connectivity index (χ3v) is 4.28. The predicted molar refractivity (Wildman–Crippen MR) is 103 cm³/mol. The maximum atomic E-state index is 12.2. The fraction of sp³-hybridized carbons (Fsp3) is 0.450. The summed E-state index contributed by atoms with van der Waals surface area (Å²) in [6.45, 7) is 6.88. The number of carbonyl (C=O) groups is 2.